The molecule has 2 N–H and O–H groups in total. The molecule has 0 unspecified atom stereocenters. The van der Waals surface area contributed by atoms with Crippen LogP contribution in [0.15, 0.2) is 29.2 Å². The highest BCUT2D eigenvalue weighted by molar-refractivity contribution is 7.89. The third-order valence-corrected chi connectivity index (χ3v) is 8.81. The van der Waals surface area contributed by atoms with Gasteiger partial charge in [0, 0.05) is 24.3 Å². The summed E-state index contributed by atoms with van der Waals surface area (Å²) in [6.07, 6.45) is 9.11. The Morgan fingerprint density at radius 2 is 1.66 bits per heavy atom. The highest BCUT2D eigenvalue weighted by Crippen LogP contribution is 2.55. The zero-order valence-electron chi connectivity index (χ0n) is 16.7. The van der Waals surface area contributed by atoms with Crippen LogP contribution in [0.25, 0.3) is 0 Å². The Bertz CT molecular complexity index is 839. The summed E-state index contributed by atoms with van der Waals surface area (Å²) in [6.45, 7) is 0.983. The van der Waals surface area contributed by atoms with E-state index in [9.17, 15) is 13.2 Å². The summed E-state index contributed by atoms with van der Waals surface area (Å²) < 4.78 is 33.1. The van der Waals surface area contributed by atoms with Crippen LogP contribution in [0.3, 0.4) is 0 Å². The van der Waals surface area contributed by atoms with Gasteiger partial charge in [0.05, 0.1) is 11.0 Å². The SMILES string of the molecule is O=C(NC12CC3CC(CC(C3)C1)C2)c1ccc(S(=O)(=O)NC[C@H]2CCCO2)cc1. The van der Waals surface area contributed by atoms with E-state index in [1.165, 1.54) is 31.4 Å². The van der Waals surface area contributed by atoms with Crippen LogP contribution in [-0.2, 0) is 14.8 Å². The van der Waals surface area contributed by atoms with Crippen molar-refractivity contribution in [2.75, 3.05) is 13.2 Å². The van der Waals surface area contributed by atoms with Crippen LogP contribution in [0.4, 0.5) is 0 Å². The minimum Gasteiger partial charge on any atom is -0.377 e. The largest absolute Gasteiger partial charge is 0.377 e. The lowest BCUT2D eigenvalue weighted by atomic mass is 9.53. The zero-order valence-corrected chi connectivity index (χ0v) is 17.5. The summed E-state index contributed by atoms with van der Waals surface area (Å²) >= 11 is 0. The molecule has 4 aliphatic carbocycles. The van der Waals surface area contributed by atoms with E-state index in [1.54, 1.807) is 12.1 Å². The number of sulfonamides is 1. The number of nitrogens with one attached hydrogen (secondary N) is 2. The van der Waals surface area contributed by atoms with Crippen LogP contribution < -0.4 is 10.0 Å². The lowest BCUT2D eigenvalue weighted by Crippen LogP contribution is -2.59. The molecule has 1 heterocycles. The molecule has 1 atom stereocenters. The third-order valence-electron chi connectivity index (χ3n) is 7.37. The van der Waals surface area contributed by atoms with E-state index in [0.717, 1.165) is 49.9 Å². The van der Waals surface area contributed by atoms with Gasteiger partial charge < -0.3 is 10.1 Å². The number of carbonyl (C=O) groups excluding carboxylic acids is 1. The molecule has 0 aromatic heterocycles. The van der Waals surface area contributed by atoms with E-state index < -0.39 is 10.0 Å². The van der Waals surface area contributed by atoms with Crippen molar-refractivity contribution in [1.82, 2.24) is 10.0 Å². The first-order valence-corrected chi connectivity index (χ1v) is 12.4. The predicted molar refractivity (Wildman–Crippen MR) is 109 cm³/mol. The summed E-state index contributed by atoms with van der Waals surface area (Å²) in [6, 6.07) is 6.28. The topological polar surface area (TPSA) is 84.5 Å². The van der Waals surface area contributed by atoms with E-state index in [2.05, 4.69) is 10.0 Å². The van der Waals surface area contributed by atoms with Crippen molar-refractivity contribution in [2.24, 2.45) is 17.8 Å². The molecule has 1 saturated heterocycles. The average molecular weight is 419 g/mol. The van der Waals surface area contributed by atoms with Crippen molar-refractivity contribution in [3.05, 3.63) is 29.8 Å². The maximum Gasteiger partial charge on any atom is 0.251 e. The Kier molecular flexibility index (Phi) is 4.95. The first-order valence-electron chi connectivity index (χ1n) is 10.9. The van der Waals surface area contributed by atoms with Gasteiger partial charge in [-0.1, -0.05) is 0 Å². The molecule has 1 amide bonds. The van der Waals surface area contributed by atoms with Gasteiger partial charge in [0.1, 0.15) is 0 Å². The molecule has 5 aliphatic rings. The third kappa shape index (κ3) is 3.97. The fourth-order valence-corrected chi connectivity index (χ4v) is 7.52. The van der Waals surface area contributed by atoms with Crippen molar-refractivity contribution in [3.8, 4) is 0 Å². The summed E-state index contributed by atoms with van der Waals surface area (Å²) in [7, 11) is -3.60. The lowest BCUT2D eigenvalue weighted by molar-refractivity contribution is -0.0167. The molecule has 0 spiro atoms. The van der Waals surface area contributed by atoms with Crippen molar-refractivity contribution in [1.29, 1.82) is 0 Å². The van der Waals surface area contributed by atoms with Gasteiger partial charge in [-0.25, -0.2) is 13.1 Å². The monoisotopic (exact) mass is 418 g/mol. The number of benzene rings is 1. The molecule has 0 radical (unpaired) electrons. The van der Waals surface area contributed by atoms with E-state index in [-0.39, 0.29) is 29.0 Å². The first kappa shape index (κ1) is 19.5. The second-order valence-corrected chi connectivity index (χ2v) is 11.4. The number of hydrogen-bond acceptors (Lipinski definition) is 4. The Labute approximate surface area is 172 Å². The average Bonchev–Trinajstić information content (AvgIpc) is 3.19. The van der Waals surface area contributed by atoms with Gasteiger partial charge in [-0.05, 0) is 93.4 Å². The van der Waals surface area contributed by atoms with Crippen LogP contribution in [0.2, 0.25) is 0 Å². The van der Waals surface area contributed by atoms with Crippen LogP contribution >= 0.6 is 0 Å². The normalized spacial score (nSPS) is 35.7. The summed E-state index contributed by atoms with van der Waals surface area (Å²) in [5.41, 5.74) is 0.484. The van der Waals surface area contributed by atoms with Crippen LogP contribution in [-0.4, -0.2) is 39.1 Å². The van der Waals surface area contributed by atoms with Gasteiger partial charge in [0.25, 0.3) is 5.91 Å². The second kappa shape index (κ2) is 7.36. The maximum atomic E-state index is 12.9. The van der Waals surface area contributed by atoms with Gasteiger partial charge >= 0.3 is 0 Å². The van der Waals surface area contributed by atoms with Crippen molar-refractivity contribution >= 4 is 15.9 Å². The molecule has 1 aromatic rings. The molecule has 6 rings (SSSR count). The summed E-state index contributed by atoms with van der Waals surface area (Å²) in [5, 5.41) is 3.34. The molecule has 4 bridgehead atoms. The minimum atomic E-state index is -3.60. The van der Waals surface area contributed by atoms with Crippen LogP contribution in [0.5, 0.6) is 0 Å². The van der Waals surface area contributed by atoms with Crippen molar-refractivity contribution in [2.45, 2.75) is 67.9 Å². The molecule has 7 heteroatoms. The predicted octanol–water partition coefficient (Wildman–Crippen LogP) is 2.84. The standard InChI is InChI=1S/C22H30N2O4S/c25-21(24-22-11-15-8-16(12-22)10-17(9-15)13-22)18-3-5-20(6-4-18)29(26,27)23-14-19-2-1-7-28-19/h3-6,15-17,19,23H,1-2,7-14H2,(H,24,25)/t15?,16?,17?,19-,22?/m1/s1. The molecule has 4 saturated carbocycles. The highest BCUT2D eigenvalue weighted by atomic mass is 32.2. The Morgan fingerprint density at radius 3 is 2.21 bits per heavy atom. The maximum absolute atomic E-state index is 12.9. The van der Waals surface area contributed by atoms with Gasteiger partial charge in [-0.3, -0.25) is 4.79 Å². The van der Waals surface area contributed by atoms with Crippen LogP contribution in [0.1, 0.15) is 61.7 Å². The number of rotatable bonds is 6. The number of ether oxygens (including phenoxy) is 1. The molecule has 158 valence electrons. The Hall–Kier alpha value is -1.44. The molecule has 29 heavy (non-hydrogen) atoms. The van der Waals surface area contributed by atoms with E-state index >= 15 is 0 Å². The fraction of sp³-hybridized carbons (Fsp3) is 0.682. The minimum absolute atomic E-state index is 0.0422. The number of carbonyl (C=O) groups is 1. The first-order chi connectivity index (χ1) is 13.9. The van der Waals surface area contributed by atoms with E-state index in [1.807, 2.05) is 0 Å². The molecule has 1 aliphatic heterocycles. The zero-order chi connectivity index (χ0) is 20.1. The highest BCUT2D eigenvalue weighted by Gasteiger charge is 2.51. The Balaban J connectivity index is 1.23. The number of amides is 1. The van der Waals surface area contributed by atoms with E-state index in [4.69, 9.17) is 4.74 Å². The fourth-order valence-electron chi connectivity index (χ4n) is 6.45. The van der Waals surface area contributed by atoms with Crippen LogP contribution in [0, 0.1) is 17.8 Å². The quantitative estimate of drug-likeness (QED) is 0.744. The molecular formula is C22H30N2O4S. The van der Waals surface area contributed by atoms with Gasteiger partial charge in [-0.15, -0.1) is 0 Å². The van der Waals surface area contributed by atoms with Gasteiger partial charge in [0.15, 0.2) is 0 Å². The molecule has 1 aromatic carbocycles. The molecule has 6 nitrogen and oxygen atoms in total. The van der Waals surface area contributed by atoms with Crippen molar-refractivity contribution < 1.29 is 17.9 Å². The smallest absolute Gasteiger partial charge is 0.251 e. The lowest BCUT2D eigenvalue weighted by Gasteiger charge is -2.56. The number of hydrogen-bond donors (Lipinski definition) is 2. The van der Waals surface area contributed by atoms with Crippen molar-refractivity contribution in [3.63, 3.8) is 0 Å². The summed E-state index contributed by atoms with van der Waals surface area (Å²) in [5.74, 6) is 2.22. The molecule has 5 fully saturated rings. The van der Waals surface area contributed by atoms with Gasteiger partial charge in [0.2, 0.25) is 10.0 Å². The Morgan fingerprint density at radius 1 is 1.03 bits per heavy atom. The second-order valence-electron chi connectivity index (χ2n) is 9.66. The summed E-state index contributed by atoms with van der Waals surface area (Å²) in [4.78, 5) is 13.1. The van der Waals surface area contributed by atoms with Gasteiger partial charge in [-0.2, -0.15) is 0 Å². The van der Waals surface area contributed by atoms with E-state index in [0.29, 0.717) is 12.2 Å². The molecular weight excluding hydrogens is 388 g/mol.